The van der Waals surface area contributed by atoms with Gasteiger partial charge >= 0.3 is 0 Å². The van der Waals surface area contributed by atoms with Crippen LogP contribution in [0.25, 0.3) is 27.8 Å². The minimum Gasteiger partial charge on any atom is -0.412 e. The molecule has 2 aromatic carbocycles. The summed E-state index contributed by atoms with van der Waals surface area (Å²) in [5, 5.41) is 1.16. The number of aromatic nitrogens is 2. The molecule has 0 aliphatic rings. The average molecular weight is 306 g/mol. The molecule has 0 amide bonds. The summed E-state index contributed by atoms with van der Waals surface area (Å²) in [5.74, 6) is 0. The Morgan fingerprint density at radius 2 is 1.35 bits per heavy atom. The van der Waals surface area contributed by atoms with Crippen LogP contribution in [0.5, 0.6) is 0 Å². The molecule has 0 fully saturated rings. The van der Waals surface area contributed by atoms with Crippen molar-refractivity contribution in [2.75, 3.05) is 0 Å². The topological polar surface area (TPSA) is 80.8 Å². The second-order valence-electron chi connectivity index (χ2n) is 5.00. The standard InChI is InChI=1S/C19H14N2.2H2O/c1-2-8-15(9-3-1)18-14-19(21-12-6-7-13-21)16-10-4-5-11-17(16)20-18;;/h1-14H;2*1H2. The van der Waals surface area contributed by atoms with Crippen LogP contribution >= 0.6 is 0 Å². The first-order valence-electron chi connectivity index (χ1n) is 7.00. The van der Waals surface area contributed by atoms with E-state index in [0.29, 0.717) is 0 Å². The van der Waals surface area contributed by atoms with Crippen LogP contribution in [-0.4, -0.2) is 20.5 Å². The van der Waals surface area contributed by atoms with E-state index >= 15 is 0 Å². The largest absolute Gasteiger partial charge is 0.412 e. The van der Waals surface area contributed by atoms with Gasteiger partial charge in [0.25, 0.3) is 0 Å². The Balaban J connectivity index is 0.000000960. The lowest BCUT2D eigenvalue weighted by Gasteiger charge is -2.11. The minimum absolute atomic E-state index is 0. The van der Waals surface area contributed by atoms with E-state index < -0.39 is 0 Å². The van der Waals surface area contributed by atoms with Gasteiger partial charge in [-0.1, -0.05) is 48.5 Å². The van der Waals surface area contributed by atoms with E-state index in [2.05, 4.69) is 53.4 Å². The Morgan fingerprint density at radius 1 is 0.696 bits per heavy atom. The summed E-state index contributed by atoms with van der Waals surface area (Å²) in [5.41, 5.74) is 4.31. The molecule has 4 heteroatoms. The lowest BCUT2D eigenvalue weighted by atomic mass is 10.1. The second-order valence-corrected chi connectivity index (χ2v) is 5.00. The first-order chi connectivity index (χ1) is 10.4. The summed E-state index contributed by atoms with van der Waals surface area (Å²) in [6.07, 6.45) is 4.13. The van der Waals surface area contributed by atoms with Crippen molar-refractivity contribution in [3.05, 3.63) is 85.2 Å². The van der Waals surface area contributed by atoms with Gasteiger partial charge < -0.3 is 15.5 Å². The van der Waals surface area contributed by atoms with E-state index in [1.807, 2.05) is 36.4 Å². The van der Waals surface area contributed by atoms with Gasteiger partial charge in [0.2, 0.25) is 0 Å². The molecule has 0 aliphatic heterocycles. The van der Waals surface area contributed by atoms with Gasteiger partial charge in [0.05, 0.1) is 16.9 Å². The van der Waals surface area contributed by atoms with E-state index in [-0.39, 0.29) is 11.0 Å². The number of hydrogen-bond acceptors (Lipinski definition) is 1. The monoisotopic (exact) mass is 306 g/mol. The van der Waals surface area contributed by atoms with Crippen LogP contribution in [0.4, 0.5) is 0 Å². The molecule has 4 rings (SSSR count). The number of nitrogens with zero attached hydrogens (tertiary/aromatic N) is 2. The molecule has 0 unspecified atom stereocenters. The van der Waals surface area contributed by atoms with E-state index in [1.54, 1.807) is 0 Å². The summed E-state index contributed by atoms with van der Waals surface area (Å²) < 4.78 is 2.14. The van der Waals surface area contributed by atoms with Crippen molar-refractivity contribution >= 4 is 10.9 Å². The fourth-order valence-corrected chi connectivity index (χ4v) is 2.62. The highest BCUT2D eigenvalue weighted by Gasteiger charge is 2.08. The second kappa shape index (κ2) is 6.87. The predicted octanol–water partition coefficient (Wildman–Crippen LogP) is 3.04. The zero-order valence-corrected chi connectivity index (χ0v) is 12.5. The van der Waals surface area contributed by atoms with Crippen LogP contribution in [0.3, 0.4) is 0 Å². The first-order valence-corrected chi connectivity index (χ1v) is 7.00. The molecule has 2 heterocycles. The molecule has 0 saturated heterocycles. The first kappa shape index (κ1) is 16.4. The highest BCUT2D eigenvalue weighted by molar-refractivity contribution is 5.89. The van der Waals surface area contributed by atoms with E-state index in [4.69, 9.17) is 4.98 Å². The number of hydrogen-bond donors (Lipinski definition) is 0. The van der Waals surface area contributed by atoms with Crippen molar-refractivity contribution in [1.29, 1.82) is 0 Å². The van der Waals surface area contributed by atoms with Crippen molar-refractivity contribution in [3.8, 4) is 16.9 Å². The van der Waals surface area contributed by atoms with Crippen LogP contribution in [0.2, 0.25) is 0 Å². The predicted molar refractivity (Wildman–Crippen MR) is 93.7 cm³/mol. The van der Waals surface area contributed by atoms with E-state index in [9.17, 15) is 0 Å². The fourth-order valence-electron chi connectivity index (χ4n) is 2.62. The maximum Gasteiger partial charge on any atom is 0.0730 e. The Hall–Kier alpha value is -2.95. The van der Waals surface area contributed by atoms with Gasteiger partial charge in [0.1, 0.15) is 0 Å². The Bertz CT molecular complexity index is 888. The molecule has 4 nitrogen and oxygen atoms in total. The van der Waals surface area contributed by atoms with Crippen LogP contribution in [0.15, 0.2) is 85.2 Å². The molecule has 0 aliphatic carbocycles. The van der Waals surface area contributed by atoms with Gasteiger partial charge in [0.15, 0.2) is 0 Å². The van der Waals surface area contributed by atoms with Crippen LogP contribution in [0, 0.1) is 0 Å². The molecule has 0 atom stereocenters. The Morgan fingerprint density at radius 3 is 2.09 bits per heavy atom. The number of benzene rings is 2. The van der Waals surface area contributed by atoms with Crippen LogP contribution in [-0.2, 0) is 0 Å². The Kier molecular flexibility index (Phi) is 4.91. The molecule has 4 aromatic rings. The van der Waals surface area contributed by atoms with Crippen molar-refractivity contribution in [2.45, 2.75) is 0 Å². The summed E-state index contributed by atoms with van der Waals surface area (Å²) >= 11 is 0. The van der Waals surface area contributed by atoms with Gasteiger partial charge in [-0.25, -0.2) is 4.98 Å². The summed E-state index contributed by atoms with van der Waals surface area (Å²) in [6.45, 7) is 0. The van der Waals surface area contributed by atoms with Gasteiger partial charge in [-0.2, -0.15) is 0 Å². The maximum atomic E-state index is 4.80. The molecule has 2 aromatic heterocycles. The quantitative estimate of drug-likeness (QED) is 0.560. The third-order valence-corrected chi connectivity index (χ3v) is 3.65. The molecular weight excluding hydrogens is 288 g/mol. The lowest BCUT2D eigenvalue weighted by molar-refractivity contribution is 0.823. The normalized spacial score (nSPS) is 9.91. The van der Waals surface area contributed by atoms with E-state index in [0.717, 1.165) is 27.8 Å². The number of rotatable bonds is 2. The zero-order chi connectivity index (χ0) is 14.1. The molecule has 23 heavy (non-hydrogen) atoms. The molecule has 0 radical (unpaired) electrons. The highest BCUT2D eigenvalue weighted by atomic mass is 16.0. The van der Waals surface area contributed by atoms with Gasteiger partial charge in [0, 0.05) is 23.3 Å². The molecule has 0 spiro atoms. The van der Waals surface area contributed by atoms with Crippen molar-refractivity contribution < 1.29 is 11.0 Å². The number of fused-ring (bicyclic) bond motifs is 1. The van der Waals surface area contributed by atoms with Crippen LogP contribution < -0.4 is 0 Å². The smallest absolute Gasteiger partial charge is 0.0730 e. The SMILES string of the molecule is O.O.c1ccc(-c2cc(-n3cccc3)c3ccccc3n2)cc1. The minimum atomic E-state index is 0. The van der Waals surface area contributed by atoms with E-state index in [1.165, 1.54) is 0 Å². The van der Waals surface area contributed by atoms with Gasteiger partial charge in [-0.05, 0) is 24.3 Å². The van der Waals surface area contributed by atoms with Crippen LogP contribution in [0.1, 0.15) is 0 Å². The third kappa shape index (κ3) is 2.99. The molecule has 4 N–H and O–H groups in total. The third-order valence-electron chi connectivity index (χ3n) is 3.65. The number of para-hydroxylation sites is 1. The molecule has 0 saturated carbocycles. The summed E-state index contributed by atoms with van der Waals surface area (Å²) in [6, 6.07) is 24.8. The van der Waals surface area contributed by atoms with Gasteiger partial charge in [-0.15, -0.1) is 0 Å². The highest BCUT2D eigenvalue weighted by Crippen LogP contribution is 2.27. The zero-order valence-electron chi connectivity index (χ0n) is 12.5. The lowest BCUT2D eigenvalue weighted by Crippen LogP contribution is -1.95. The number of pyridine rings is 1. The molecule has 0 bridgehead atoms. The van der Waals surface area contributed by atoms with Crippen molar-refractivity contribution in [1.82, 2.24) is 9.55 Å². The molecular formula is C19H18N2O2. The Labute approximate surface area is 134 Å². The fraction of sp³-hybridized carbons (Fsp3) is 0. The maximum absolute atomic E-state index is 4.80. The van der Waals surface area contributed by atoms with Crippen molar-refractivity contribution in [2.24, 2.45) is 0 Å². The van der Waals surface area contributed by atoms with Gasteiger partial charge in [-0.3, -0.25) is 0 Å². The average Bonchev–Trinajstić information content (AvgIpc) is 3.09. The summed E-state index contributed by atoms with van der Waals surface area (Å²) in [7, 11) is 0. The molecule has 116 valence electrons. The summed E-state index contributed by atoms with van der Waals surface area (Å²) in [4.78, 5) is 4.80. The van der Waals surface area contributed by atoms with Crippen molar-refractivity contribution in [3.63, 3.8) is 0 Å².